The van der Waals surface area contributed by atoms with Crippen LogP contribution in [0.1, 0.15) is 32.3 Å². The van der Waals surface area contributed by atoms with E-state index in [9.17, 15) is 0 Å². The van der Waals surface area contributed by atoms with Crippen molar-refractivity contribution in [1.82, 2.24) is 4.90 Å². The van der Waals surface area contributed by atoms with Gasteiger partial charge in [0.2, 0.25) is 0 Å². The zero-order valence-electron chi connectivity index (χ0n) is 16.0. The molecule has 2 aromatic rings. The molecule has 140 valence electrons. The van der Waals surface area contributed by atoms with Crippen molar-refractivity contribution in [2.45, 2.75) is 45.3 Å². The molecule has 1 aliphatic carbocycles. The van der Waals surface area contributed by atoms with Crippen LogP contribution in [0.25, 0.3) is 11.1 Å². The Kier molecular flexibility index (Phi) is 5.27. The first-order valence-corrected chi connectivity index (χ1v) is 10.2. The summed E-state index contributed by atoms with van der Waals surface area (Å²) in [6, 6.07) is 20.0. The average molecular weight is 380 g/mol. The predicted molar refractivity (Wildman–Crippen MR) is 112 cm³/mol. The molecule has 0 amide bonds. The summed E-state index contributed by atoms with van der Waals surface area (Å²) in [5.41, 5.74) is 5.16. The molecular formula is C24H26ClNO. The van der Waals surface area contributed by atoms with E-state index in [0.29, 0.717) is 6.04 Å². The van der Waals surface area contributed by atoms with Gasteiger partial charge in [-0.2, -0.15) is 0 Å². The lowest BCUT2D eigenvalue weighted by Gasteiger charge is -2.21. The first-order chi connectivity index (χ1) is 13.1. The minimum absolute atomic E-state index is 0.150. The standard InChI is InChI=1S/C24H26ClNO/c1-17(2)27-23-10-6-9-22(24(23)25)26-16-21(26)15-18-11-13-20(14-12-18)19-7-4-3-5-8-19/h3-5,7-8,10-14,17,21H,6,9,15-16H2,1-2H3. The van der Waals surface area contributed by atoms with Gasteiger partial charge in [0, 0.05) is 12.2 Å². The molecule has 1 unspecified atom stereocenters. The first-order valence-electron chi connectivity index (χ1n) is 9.78. The van der Waals surface area contributed by atoms with Crippen molar-refractivity contribution in [3.05, 3.63) is 82.7 Å². The molecule has 0 radical (unpaired) electrons. The fraction of sp³-hybridized carbons (Fsp3) is 0.333. The Morgan fingerprint density at radius 1 is 1.04 bits per heavy atom. The lowest BCUT2D eigenvalue weighted by molar-refractivity contribution is 0.153. The molecule has 0 bridgehead atoms. The van der Waals surface area contributed by atoms with E-state index < -0.39 is 0 Å². The van der Waals surface area contributed by atoms with Crippen LogP contribution in [0.4, 0.5) is 0 Å². The Labute approximate surface area is 167 Å². The smallest absolute Gasteiger partial charge is 0.136 e. The van der Waals surface area contributed by atoms with E-state index in [0.717, 1.165) is 36.6 Å². The van der Waals surface area contributed by atoms with Crippen molar-refractivity contribution < 1.29 is 4.74 Å². The van der Waals surface area contributed by atoms with Gasteiger partial charge >= 0.3 is 0 Å². The Bertz CT molecular complexity index is 852. The van der Waals surface area contributed by atoms with Crippen molar-refractivity contribution >= 4 is 11.6 Å². The maximum Gasteiger partial charge on any atom is 0.136 e. The van der Waals surface area contributed by atoms with Gasteiger partial charge in [-0.05, 0) is 55.9 Å². The fourth-order valence-electron chi connectivity index (χ4n) is 3.73. The maximum atomic E-state index is 6.63. The average Bonchev–Trinajstić information content (AvgIpc) is 3.43. The molecule has 1 heterocycles. The predicted octanol–water partition coefficient (Wildman–Crippen LogP) is 6.13. The van der Waals surface area contributed by atoms with E-state index in [4.69, 9.17) is 16.3 Å². The topological polar surface area (TPSA) is 12.2 Å². The van der Waals surface area contributed by atoms with Crippen LogP contribution >= 0.6 is 11.6 Å². The minimum atomic E-state index is 0.150. The number of hydrogen-bond acceptors (Lipinski definition) is 2. The van der Waals surface area contributed by atoms with Crippen LogP contribution in [0.2, 0.25) is 0 Å². The SMILES string of the molecule is CC(C)OC1=CCCC(N2CC2Cc2ccc(-c3ccccc3)cc2)=C1Cl. The third kappa shape index (κ3) is 4.22. The molecule has 2 aliphatic rings. The molecule has 4 rings (SSSR count). The zero-order valence-corrected chi connectivity index (χ0v) is 16.7. The van der Waals surface area contributed by atoms with E-state index in [-0.39, 0.29) is 6.10 Å². The van der Waals surface area contributed by atoms with Crippen LogP contribution in [0.15, 0.2) is 77.2 Å². The number of benzene rings is 2. The summed E-state index contributed by atoms with van der Waals surface area (Å²) < 4.78 is 5.86. The summed E-state index contributed by atoms with van der Waals surface area (Å²) in [7, 11) is 0. The summed E-state index contributed by atoms with van der Waals surface area (Å²) in [6.07, 6.45) is 5.34. The van der Waals surface area contributed by atoms with Crippen molar-refractivity contribution in [3.63, 3.8) is 0 Å². The van der Waals surface area contributed by atoms with Gasteiger partial charge in [-0.3, -0.25) is 0 Å². The van der Waals surface area contributed by atoms with Crippen LogP contribution < -0.4 is 0 Å². The number of hydrogen-bond donors (Lipinski definition) is 0. The summed E-state index contributed by atoms with van der Waals surface area (Å²) in [6.45, 7) is 5.16. The van der Waals surface area contributed by atoms with Crippen molar-refractivity contribution in [2.24, 2.45) is 0 Å². The summed E-state index contributed by atoms with van der Waals surface area (Å²) >= 11 is 6.63. The molecular weight excluding hydrogens is 354 g/mol. The van der Waals surface area contributed by atoms with Crippen LogP contribution in [0, 0.1) is 0 Å². The number of halogens is 1. The molecule has 1 aliphatic heterocycles. The van der Waals surface area contributed by atoms with Crippen LogP contribution in [0.5, 0.6) is 0 Å². The fourth-order valence-corrected chi connectivity index (χ4v) is 4.05. The van der Waals surface area contributed by atoms with E-state index in [1.807, 2.05) is 13.8 Å². The van der Waals surface area contributed by atoms with Crippen LogP contribution in [0.3, 0.4) is 0 Å². The van der Waals surface area contributed by atoms with Gasteiger partial charge in [0.15, 0.2) is 0 Å². The van der Waals surface area contributed by atoms with Gasteiger partial charge in [-0.15, -0.1) is 0 Å². The Morgan fingerprint density at radius 3 is 2.44 bits per heavy atom. The third-order valence-corrected chi connectivity index (χ3v) is 5.54. The molecule has 0 spiro atoms. The first kappa shape index (κ1) is 18.2. The second-order valence-electron chi connectivity index (χ2n) is 7.61. The normalized spacial score (nSPS) is 19.3. The van der Waals surface area contributed by atoms with Gasteiger partial charge in [0.05, 0.1) is 12.1 Å². The molecule has 2 nitrogen and oxygen atoms in total. The minimum Gasteiger partial charge on any atom is -0.490 e. The van der Waals surface area contributed by atoms with Gasteiger partial charge in [-0.25, -0.2) is 0 Å². The zero-order chi connectivity index (χ0) is 18.8. The molecule has 1 saturated heterocycles. The summed E-state index contributed by atoms with van der Waals surface area (Å²) in [5, 5.41) is 0.803. The second-order valence-corrected chi connectivity index (χ2v) is 7.99. The summed E-state index contributed by atoms with van der Waals surface area (Å²) in [5.74, 6) is 0.853. The lowest BCUT2D eigenvalue weighted by atomic mass is 10.0. The molecule has 3 heteroatoms. The van der Waals surface area contributed by atoms with Crippen LogP contribution in [-0.4, -0.2) is 23.6 Å². The molecule has 0 saturated carbocycles. The number of ether oxygens (including phenoxy) is 1. The lowest BCUT2D eigenvalue weighted by Crippen LogP contribution is -2.12. The highest BCUT2D eigenvalue weighted by atomic mass is 35.5. The van der Waals surface area contributed by atoms with Crippen molar-refractivity contribution in [3.8, 4) is 11.1 Å². The van der Waals surface area contributed by atoms with Crippen LogP contribution in [-0.2, 0) is 11.2 Å². The Morgan fingerprint density at radius 2 is 1.74 bits per heavy atom. The van der Waals surface area contributed by atoms with Gasteiger partial charge in [0.25, 0.3) is 0 Å². The van der Waals surface area contributed by atoms with Crippen molar-refractivity contribution in [1.29, 1.82) is 0 Å². The molecule has 27 heavy (non-hydrogen) atoms. The summed E-state index contributed by atoms with van der Waals surface area (Å²) in [4.78, 5) is 2.43. The number of allylic oxidation sites excluding steroid dienone is 3. The Balaban J connectivity index is 1.40. The Hall–Kier alpha value is -2.19. The van der Waals surface area contributed by atoms with Gasteiger partial charge in [0.1, 0.15) is 10.8 Å². The highest BCUT2D eigenvalue weighted by Gasteiger charge is 2.37. The largest absolute Gasteiger partial charge is 0.490 e. The highest BCUT2D eigenvalue weighted by Crippen LogP contribution is 2.38. The third-order valence-electron chi connectivity index (χ3n) is 5.14. The highest BCUT2D eigenvalue weighted by molar-refractivity contribution is 6.32. The number of rotatable bonds is 6. The van der Waals surface area contributed by atoms with E-state index in [1.165, 1.54) is 22.4 Å². The van der Waals surface area contributed by atoms with Gasteiger partial charge < -0.3 is 9.64 Å². The van der Waals surface area contributed by atoms with Gasteiger partial charge in [-0.1, -0.05) is 66.2 Å². The maximum absolute atomic E-state index is 6.63. The molecule has 2 aromatic carbocycles. The second kappa shape index (κ2) is 7.82. The molecule has 0 N–H and O–H groups in total. The van der Waals surface area contributed by atoms with E-state index in [2.05, 4.69) is 65.6 Å². The molecule has 0 aromatic heterocycles. The van der Waals surface area contributed by atoms with Crippen molar-refractivity contribution in [2.75, 3.05) is 6.54 Å². The number of nitrogens with zero attached hydrogens (tertiary/aromatic N) is 1. The quantitative estimate of drug-likeness (QED) is 0.559. The molecule has 1 atom stereocenters. The van der Waals surface area contributed by atoms with E-state index >= 15 is 0 Å². The monoisotopic (exact) mass is 379 g/mol. The molecule has 1 fully saturated rings. The van der Waals surface area contributed by atoms with E-state index in [1.54, 1.807) is 0 Å².